The molecule has 1 fully saturated rings. The van der Waals surface area contributed by atoms with E-state index in [9.17, 15) is 0 Å². The summed E-state index contributed by atoms with van der Waals surface area (Å²) in [6.45, 7) is 1.84. The van der Waals surface area contributed by atoms with E-state index in [4.69, 9.17) is 5.73 Å². The van der Waals surface area contributed by atoms with Gasteiger partial charge in [-0.1, -0.05) is 28.1 Å². The van der Waals surface area contributed by atoms with Crippen LogP contribution in [-0.4, -0.2) is 9.13 Å². The molecule has 2 aromatic rings. The second kappa shape index (κ2) is 7.53. The van der Waals surface area contributed by atoms with Crippen molar-refractivity contribution in [2.24, 2.45) is 18.7 Å². The van der Waals surface area contributed by atoms with Gasteiger partial charge >= 0.3 is 77.0 Å². The van der Waals surface area contributed by atoms with Crippen molar-refractivity contribution >= 4 is 15.9 Å². The van der Waals surface area contributed by atoms with Gasteiger partial charge in [0.2, 0.25) is 0 Å². The Kier molecular flexibility index (Phi) is 6.00. The molecule has 1 aromatic carbocycles. The smallest absolute Gasteiger partial charge is 0.0178 e. The molecule has 3 nitrogen and oxygen atoms in total. The summed E-state index contributed by atoms with van der Waals surface area (Å²) < 4.78 is 6.92. The second-order valence-corrected chi connectivity index (χ2v) is 7.01. The average Bonchev–Trinajstić information content (AvgIpc) is 3.22. The summed E-state index contributed by atoms with van der Waals surface area (Å²) in [6.07, 6.45) is 7.14. The van der Waals surface area contributed by atoms with Gasteiger partial charge in [-0.25, -0.2) is 0 Å². The second-order valence-electron chi connectivity index (χ2n) is 5.08. The largest absolute Gasteiger partial charge is 0.326 e. The molecule has 5 heteroatoms. The van der Waals surface area contributed by atoms with Crippen molar-refractivity contribution in [1.29, 1.82) is 0 Å². The Morgan fingerprint density at radius 1 is 1.25 bits per heavy atom. The van der Waals surface area contributed by atoms with Crippen LogP contribution in [0.1, 0.15) is 18.4 Å². The summed E-state index contributed by atoms with van der Waals surface area (Å²) in [5, 5.41) is 0. The molecular weight excluding hydrogens is 497 g/mol. The Hall–Kier alpha value is -0.442. The molecule has 1 aliphatic carbocycles. The number of halogens is 1. The summed E-state index contributed by atoms with van der Waals surface area (Å²) in [4.78, 5) is 0. The number of aryl methyl sites for hydroxylation is 1. The van der Waals surface area contributed by atoms with Crippen LogP contribution in [0.5, 0.6) is 0 Å². The van der Waals surface area contributed by atoms with Crippen molar-refractivity contribution in [2.45, 2.75) is 25.9 Å². The third kappa shape index (κ3) is 4.83. The van der Waals surface area contributed by atoms with E-state index < -0.39 is 0 Å². The minimum absolute atomic E-state index is 0.618. The molecule has 112 valence electrons. The van der Waals surface area contributed by atoms with Gasteiger partial charge in [-0.05, 0) is 17.7 Å². The van der Waals surface area contributed by atoms with Crippen LogP contribution in [0.4, 0.5) is 0 Å². The Morgan fingerprint density at radius 3 is 2.35 bits per heavy atom. The number of rotatable bonds is 3. The summed E-state index contributed by atoms with van der Waals surface area (Å²) in [6, 6.07) is 7.98. The van der Waals surface area contributed by atoms with Gasteiger partial charge in [-0.3, -0.25) is 0 Å². The zero-order valence-electron chi connectivity index (χ0n) is 11.5. The molecule has 0 spiro atoms. The van der Waals surface area contributed by atoms with Gasteiger partial charge < -0.3 is 5.73 Å². The Bertz CT molecular complexity index is 596. The number of hydrogen-bond donors (Lipinski definition) is 1. The molecule has 0 saturated heterocycles. The zero-order valence-corrected chi connectivity index (χ0v) is 15.4. The Balaban J connectivity index is 0.000000151. The summed E-state index contributed by atoms with van der Waals surface area (Å²) in [5.74, 6) is 0.969. The average molecular weight is 517 g/mol. The first-order valence-corrected chi connectivity index (χ1v) is 8.64. The zero-order chi connectivity index (χ0) is 14.5. The number of benzene rings is 1. The first-order valence-electron chi connectivity index (χ1n) is 6.72. The van der Waals surface area contributed by atoms with Crippen LogP contribution in [0.25, 0.3) is 0 Å². The van der Waals surface area contributed by atoms with Crippen LogP contribution in [0.3, 0.4) is 0 Å². The van der Waals surface area contributed by atoms with Crippen LogP contribution >= 0.6 is 15.9 Å². The molecule has 0 radical (unpaired) electrons. The van der Waals surface area contributed by atoms with Crippen LogP contribution in [0, 0.1) is 9.72 Å². The molecule has 20 heavy (non-hydrogen) atoms. The molecule has 0 aliphatic heterocycles. The summed E-state index contributed by atoms with van der Waals surface area (Å²) in [5.41, 5.74) is 6.55. The van der Waals surface area contributed by atoms with E-state index in [1.807, 2.05) is 24.3 Å². The van der Waals surface area contributed by atoms with E-state index in [1.165, 1.54) is 28.8 Å². The molecular formula is C15H20BrN3Pt. The molecule has 1 saturated carbocycles. The SMILES string of the molecule is Cn1ccn(CC2CC2)[c]1=[Pt].NCc1ccc(Br)cc1. The number of nitrogens with zero attached hydrogens (tertiary/aromatic N) is 2. The van der Waals surface area contributed by atoms with Crippen molar-refractivity contribution in [2.75, 3.05) is 0 Å². The van der Waals surface area contributed by atoms with Gasteiger partial charge in [0, 0.05) is 11.0 Å². The van der Waals surface area contributed by atoms with Crippen LogP contribution < -0.4 is 5.73 Å². The van der Waals surface area contributed by atoms with Crippen molar-refractivity contribution in [3.8, 4) is 0 Å². The maximum atomic E-state index is 5.38. The minimum Gasteiger partial charge on any atom is -0.326 e. The molecule has 0 atom stereocenters. The monoisotopic (exact) mass is 516 g/mol. The maximum absolute atomic E-state index is 5.38. The molecule has 1 aliphatic rings. The molecule has 0 bridgehead atoms. The van der Waals surface area contributed by atoms with Crippen LogP contribution in [-0.2, 0) is 39.5 Å². The van der Waals surface area contributed by atoms with Crippen molar-refractivity contribution in [3.63, 3.8) is 0 Å². The first-order chi connectivity index (χ1) is 9.60. The summed E-state index contributed by atoms with van der Waals surface area (Å²) in [7, 11) is 2.09. The summed E-state index contributed by atoms with van der Waals surface area (Å²) >= 11 is 5.70. The van der Waals surface area contributed by atoms with Crippen molar-refractivity contribution in [1.82, 2.24) is 9.13 Å². The number of nitrogens with two attached hydrogens (primary N) is 1. The predicted octanol–water partition coefficient (Wildman–Crippen LogP) is 3.22. The van der Waals surface area contributed by atoms with Crippen LogP contribution in [0.2, 0.25) is 0 Å². The molecule has 2 N–H and O–H groups in total. The van der Waals surface area contributed by atoms with Gasteiger partial charge in [0.1, 0.15) is 0 Å². The van der Waals surface area contributed by atoms with Gasteiger partial charge in [-0.15, -0.1) is 0 Å². The van der Waals surface area contributed by atoms with E-state index >= 15 is 0 Å². The minimum atomic E-state index is 0.618. The molecule has 1 aromatic heterocycles. The molecule has 0 unspecified atom stereocenters. The molecule has 3 rings (SSSR count). The fourth-order valence-electron chi connectivity index (χ4n) is 1.83. The van der Waals surface area contributed by atoms with Gasteiger partial charge in [-0.2, -0.15) is 0 Å². The van der Waals surface area contributed by atoms with E-state index in [-0.39, 0.29) is 0 Å². The van der Waals surface area contributed by atoms with E-state index in [2.05, 4.69) is 63.9 Å². The van der Waals surface area contributed by atoms with E-state index in [0.717, 1.165) is 10.4 Å². The third-order valence-corrected chi connectivity index (χ3v) is 5.24. The van der Waals surface area contributed by atoms with Crippen LogP contribution in [0.15, 0.2) is 41.1 Å². The van der Waals surface area contributed by atoms with Gasteiger partial charge in [0.05, 0.1) is 0 Å². The predicted molar refractivity (Wildman–Crippen MR) is 81.4 cm³/mol. The van der Waals surface area contributed by atoms with Gasteiger partial charge in [0.25, 0.3) is 0 Å². The molecule has 0 amide bonds. The van der Waals surface area contributed by atoms with Crippen molar-refractivity contribution in [3.05, 3.63) is 50.5 Å². The normalized spacial score (nSPS) is 13.8. The third-order valence-electron chi connectivity index (χ3n) is 3.26. The fourth-order valence-corrected chi connectivity index (χ4v) is 2.64. The number of hydrogen-bond acceptors (Lipinski definition) is 1. The maximum Gasteiger partial charge on any atom is 0.0178 e. The molecule has 1 heterocycles. The number of imidazole rings is 1. The Labute approximate surface area is 139 Å². The van der Waals surface area contributed by atoms with Gasteiger partial charge in [0.15, 0.2) is 0 Å². The Morgan fingerprint density at radius 2 is 1.90 bits per heavy atom. The quantitative estimate of drug-likeness (QED) is 0.668. The van der Waals surface area contributed by atoms with E-state index in [0.29, 0.717) is 6.54 Å². The first kappa shape index (κ1) is 15.9. The van der Waals surface area contributed by atoms with E-state index in [1.54, 1.807) is 0 Å². The fraction of sp³-hybridized carbons (Fsp3) is 0.400. The topological polar surface area (TPSA) is 35.9 Å². The number of aromatic nitrogens is 2. The standard InChI is InChI=1S/C8H12N2.C7H8BrN.Pt/c1-9-4-5-10(7-9)6-8-2-3-8;8-7-3-1-6(5-9)2-4-7;/h4-5,8H,2-3,6H2,1H3;1-4H,5,9H2;. The van der Waals surface area contributed by atoms with Crippen molar-refractivity contribution < 1.29 is 19.4 Å².